The van der Waals surface area contributed by atoms with Gasteiger partial charge < -0.3 is 9.84 Å². The maximum atomic E-state index is 12.1. The van der Waals surface area contributed by atoms with Crippen LogP contribution in [0.4, 0.5) is 0 Å². The van der Waals surface area contributed by atoms with E-state index < -0.39 is 12.1 Å². The first-order chi connectivity index (χ1) is 17.9. The molecule has 6 rings (SSSR count). The number of benzene rings is 5. The summed E-state index contributed by atoms with van der Waals surface area (Å²) in [6.45, 7) is 0. The van der Waals surface area contributed by atoms with Gasteiger partial charge in [-0.15, -0.1) is 11.3 Å². The van der Waals surface area contributed by atoms with Crippen LogP contribution in [0.5, 0.6) is 5.75 Å². The number of hydrogen-bond donors (Lipinski definition) is 1. The van der Waals surface area contributed by atoms with Crippen LogP contribution < -0.4 is 4.74 Å². The van der Waals surface area contributed by atoms with E-state index >= 15 is 0 Å². The van der Waals surface area contributed by atoms with Crippen LogP contribution in [0.1, 0.15) is 11.7 Å². The molecule has 0 amide bonds. The molecule has 182 valence electrons. The third kappa shape index (κ3) is 4.28. The maximum Gasteiger partial charge on any atom is 0.349 e. The molecule has 0 saturated carbocycles. The molecule has 1 atom stereocenters. The molecule has 6 aromatic rings. The molecule has 3 nitrogen and oxygen atoms in total. The number of carboxylic acid groups (broad SMARTS) is 1. The highest BCUT2D eigenvalue weighted by molar-refractivity contribution is 9.11. The van der Waals surface area contributed by atoms with E-state index in [4.69, 9.17) is 4.74 Å². The summed E-state index contributed by atoms with van der Waals surface area (Å²) < 4.78 is 10.9. The molecule has 1 N–H and O–H groups in total. The van der Waals surface area contributed by atoms with Gasteiger partial charge in [-0.05, 0) is 87.9 Å². The zero-order valence-corrected chi connectivity index (χ0v) is 24.6. The smallest absolute Gasteiger partial charge is 0.349 e. The zero-order valence-electron chi connectivity index (χ0n) is 19.0. The normalized spacial score (nSPS) is 12.3. The fraction of sp³-hybridized carbons (Fsp3) is 0.0333. The van der Waals surface area contributed by atoms with Gasteiger partial charge in [-0.1, -0.05) is 72.8 Å². The van der Waals surface area contributed by atoms with Gasteiger partial charge in [0.2, 0.25) is 6.10 Å². The Labute approximate surface area is 242 Å². The Bertz CT molecular complexity index is 1810. The van der Waals surface area contributed by atoms with Crippen LogP contribution in [-0.4, -0.2) is 11.1 Å². The first-order valence-corrected chi connectivity index (χ1v) is 14.6. The Morgan fingerprint density at radius 2 is 1.38 bits per heavy atom. The van der Waals surface area contributed by atoms with E-state index in [-0.39, 0.29) is 0 Å². The molecule has 0 aliphatic carbocycles. The Balaban J connectivity index is 1.58. The SMILES string of the molecule is O=C(O)[C@H](Oc1c(Br)cc(-c2c3ccccc3c(Br)c3sc4ccccc4c23)cc1Br)c1ccccc1. The number of carbonyl (C=O) groups is 1. The average Bonchev–Trinajstić information content (AvgIpc) is 3.29. The first kappa shape index (κ1) is 24.6. The number of carboxylic acids is 1. The van der Waals surface area contributed by atoms with Crippen LogP contribution in [-0.2, 0) is 4.79 Å². The molecule has 5 aromatic carbocycles. The largest absolute Gasteiger partial charge is 0.478 e. The van der Waals surface area contributed by atoms with Crippen LogP contribution in [0.15, 0.2) is 104 Å². The summed E-state index contributed by atoms with van der Waals surface area (Å²) in [6, 6.07) is 29.8. The highest BCUT2D eigenvalue weighted by Gasteiger charge is 2.25. The van der Waals surface area contributed by atoms with Crippen molar-refractivity contribution >= 4 is 96.0 Å². The minimum atomic E-state index is -1.14. The van der Waals surface area contributed by atoms with Gasteiger partial charge in [-0.25, -0.2) is 4.79 Å². The molecule has 0 spiro atoms. The number of fused-ring (bicyclic) bond motifs is 4. The van der Waals surface area contributed by atoms with Crippen molar-refractivity contribution in [1.82, 2.24) is 0 Å². The van der Waals surface area contributed by atoms with Crippen LogP contribution in [0.25, 0.3) is 42.1 Å². The quantitative estimate of drug-likeness (QED) is 0.195. The van der Waals surface area contributed by atoms with E-state index in [1.807, 2.05) is 18.2 Å². The average molecular weight is 697 g/mol. The van der Waals surface area contributed by atoms with Gasteiger partial charge in [-0.2, -0.15) is 0 Å². The van der Waals surface area contributed by atoms with Gasteiger partial charge >= 0.3 is 5.97 Å². The number of ether oxygens (including phenoxy) is 1. The predicted octanol–water partition coefficient (Wildman–Crippen LogP) is 10.4. The van der Waals surface area contributed by atoms with Gasteiger partial charge in [0.25, 0.3) is 0 Å². The van der Waals surface area contributed by atoms with E-state index in [0.717, 1.165) is 26.4 Å². The molecule has 1 heterocycles. The van der Waals surface area contributed by atoms with Gasteiger partial charge in [0.05, 0.1) is 13.6 Å². The topological polar surface area (TPSA) is 46.5 Å². The lowest BCUT2D eigenvalue weighted by Gasteiger charge is -2.19. The number of thiophene rings is 1. The summed E-state index contributed by atoms with van der Waals surface area (Å²) in [4.78, 5) is 12.1. The number of aliphatic carboxylic acids is 1. The van der Waals surface area contributed by atoms with Crippen LogP contribution in [0.2, 0.25) is 0 Å². The molecule has 7 heteroatoms. The summed E-state index contributed by atoms with van der Waals surface area (Å²) >= 11 is 13.0. The molecule has 37 heavy (non-hydrogen) atoms. The van der Waals surface area contributed by atoms with E-state index in [1.165, 1.54) is 20.2 Å². The molecule has 0 radical (unpaired) electrons. The highest BCUT2D eigenvalue weighted by Crippen LogP contribution is 2.50. The Morgan fingerprint density at radius 3 is 2.05 bits per heavy atom. The summed E-state index contributed by atoms with van der Waals surface area (Å²) in [5.41, 5.74) is 2.69. The van der Waals surface area contributed by atoms with E-state index in [1.54, 1.807) is 35.6 Å². The van der Waals surface area contributed by atoms with Crippen LogP contribution in [0, 0.1) is 0 Å². The second kappa shape index (κ2) is 9.87. The molecule has 0 unspecified atom stereocenters. The fourth-order valence-corrected chi connectivity index (χ4v) is 8.04. The molecule has 0 fully saturated rings. The molecule has 1 aromatic heterocycles. The van der Waals surface area contributed by atoms with E-state index in [2.05, 4.69) is 96.3 Å². The zero-order chi connectivity index (χ0) is 25.7. The lowest BCUT2D eigenvalue weighted by atomic mass is 9.93. The van der Waals surface area contributed by atoms with E-state index in [9.17, 15) is 9.90 Å². The summed E-state index contributed by atoms with van der Waals surface area (Å²) in [7, 11) is 0. The Kier molecular flexibility index (Phi) is 6.57. The van der Waals surface area contributed by atoms with Crippen molar-refractivity contribution in [3.8, 4) is 16.9 Å². The number of hydrogen-bond acceptors (Lipinski definition) is 3. The van der Waals surface area contributed by atoms with Crippen LogP contribution >= 0.6 is 59.1 Å². The molecular weight excluding hydrogens is 680 g/mol. The minimum absolute atomic E-state index is 0.438. The summed E-state index contributed by atoms with van der Waals surface area (Å²) in [6.07, 6.45) is -1.14. The molecule has 0 bridgehead atoms. The number of halogens is 3. The van der Waals surface area contributed by atoms with Gasteiger partial charge in [0.15, 0.2) is 0 Å². The lowest BCUT2D eigenvalue weighted by Crippen LogP contribution is -2.18. The van der Waals surface area contributed by atoms with Gasteiger partial charge in [0.1, 0.15) is 5.75 Å². The number of rotatable bonds is 5. The van der Waals surface area contributed by atoms with Crippen molar-refractivity contribution < 1.29 is 14.6 Å². The van der Waals surface area contributed by atoms with Gasteiger partial charge in [-0.3, -0.25) is 0 Å². The summed E-state index contributed by atoms with van der Waals surface area (Å²) in [5.74, 6) is -0.618. The lowest BCUT2D eigenvalue weighted by molar-refractivity contribution is -0.145. The highest BCUT2D eigenvalue weighted by atomic mass is 79.9. The molecule has 0 saturated heterocycles. The molecule has 0 aliphatic heterocycles. The van der Waals surface area contributed by atoms with Crippen molar-refractivity contribution in [3.05, 3.63) is 110 Å². The maximum absolute atomic E-state index is 12.1. The third-order valence-electron chi connectivity index (χ3n) is 6.33. The second-order valence-electron chi connectivity index (χ2n) is 8.55. The summed E-state index contributed by atoms with van der Waals surface area (Å²) in [5, 5.41) is 14.5. The van der Waals surface area contributed by atoms with Crippen LogP contribution in [0.3, 0.4) is 0 Å². The van der Waals surface area contributed by atoms with Crippen molar-refractivity contribution in [2.75, 3.05) is 0 Å². The first-order valence-electron chi connectivity index (χ1n) is 11.4. The fourth-order valence-electron chi connectivity index (χ4n) is 4.72. The third-order valence-corrected chi connectivity index (χ3v) is 9.78. The standard InChI is InChI=1S/C30H17Br3O3S/c31-21-14-17(15-22(32)28(21)36-27(30(34)35)16-8-2-1-3-9-16)24-18-10-4-5-11-19(18)26(33)29-25(24)20-12-6-7-13-23(20)37-29/h1-15,27H,(H,34,35)/t27-/m1/s1. The Morgan fingerprint density at radius 1 is 0.784 bits per heavy atom. The predicted molar refractivity (Wildman–Crippen MR) is 163 cm³/mol. The molecular formula is C30H17Br3O3S. The van der Waals surface area contributed by atoms with Crippen molar-refractivity contribution in [1.29, 1.82) is 0 Å². The minimum Gasteiger partial charge on any atom is -0.478 e. The van der Waals surface area contributed by atoms with Crippen molar-refractivity contribution in [2.45, 2.75) is 6.10 Å². The van der Waals surface area contributed by atoms with Crippen molar-refractivity contribution in [3.63, 3.8) is 0 Å². The monoisotopic (exact) mass is 694 g/mol. The van der Waals surface area contributed by atoms with E-state index in [0.29, 0.717) is 20.3 Å². The van der Waals surface area contributed by atoms with Crippen molar-refractivity contribution in [2.24, 2.45) is 0 Å². The Hall–Kier alpha value is -2.71. The second-order valence-corrected chi connectivity index (χ2v) is 12.1. The van der Waals surface area contributed by atoms with Gasteiger partial charge in [0, 0.05) is 25.5 Å². The molecule has 0 aliphatic rings.